The van der Waals surface area contributed by atoms with E-state index in [9.17, 15) is 14.4 Å². The summed E-state index contributed by atoms with van der Waals surface area (Å²) >= 11 is 0. The highest BCUT2D eigenvalue weighted by atomic mass is 16.6. The number of piperazine rings is 1. The molecule has 8 heteroatoms. The first-order valence-electron chi connectivity index (χ1n) is 8.67. The van der Waals surface area contributed by atoms with Crippen LogP contribution in [0.3, 0.4) is 0 Å². The Bertz CT molecular complexity index is 641. The Morgan fingerprint density at radius 2 is 1.81 bits per heavy atom. The van der Waals surface area contributed by atoms with Gasteiger partial charge in [0.05, 0.1) is 13.7 Å². The van der Waals surface area contributed by atoms with Gasteiger partial charge < -0.3 is 24.6 Å². The number of rotatable bonds is 5. The molecule has 1 aliphatic rings. The fourth-order valence-corrected chi connectivity index (χ4v) is 2.67. The van der Waals surface area contributed by atoms with Crippen LogP contribution in [0.5, 0.6) is 5.75 Å². The molecule has 0 radical (unpaired) electrons. The van der Waals surface area contributed by atoms with Crippen LogP contribution in [0.15, 0.2) is 24.3 Å². The van der Waals surface area contributed by atoms with Gasteiger partial charge in [-0.3, -0.25) is 9.59 Å². The van der Waals surface area contributed by atoms with Gasteiger partial charge in [-0.05, 0) is 31.0 Å². The molecule has 1 aromatic rings. The van der Waals surface area contributed by atoms with Crippen LogP contribution in [0, 0.1) is 0 Å². The molecule has 1 saturated heterocycles. The van der Waals surface area contributed by atoms with Crippen LogP contribution in [0.4, 0.5) is 4.79 Å². The number of carbonyl (C=O) groups excluding carboxylic acids is 3. The second-order valence-electron chi connectivity index (χ2n) is 5.84. The largest absolute Gasteiger partial charge is 0.497 e. The number of carbonyl (C=O) groups is 3. The molecule has 0 atom stereocenters. The van der Waals surface area contributed by atoms with E-state index in [1.54, 1.807) is 14.0 Å². The van der Waals surface area contributed by atoms with Gasteiger partial charge in [0.1, 0.15) is 5.75 Å². The summed E-state index contributed by atoms with van der Waals surface area (Å²) < 4.78 is 10.1. The molecule has 2 rings (SSSR count). The molecule has 0 saturated carbocycles. The average molecular weight is 363 g/mol. The first-order valence-corrected chi connectivity index (χ1v) is 8.67. The lowest BCUT2D eigenvalue weighted by atomic mass is 10.1. The predicted molar refractivity (Wildman–Crippen MR) is 94.9 cm³/mol. The minimum atomic E-state index is -0.627. The molecule has 0 spiro atoms. The molecule has 1 fully saturated rings. The van der Waals surface area contributed by atoms with Crippen molar-refractivity contribution in [2.45, 2.75) is 13.3 Å². The van der Waals surface area contributed by atoms with Gasteiger partial charge in [0.2, 0.25) is 0 Å². The Labute approximate surface area is 153 Å². The minimum Gasteiger partial charge on any atom is -0.497 e. The zero-order valence-electron chi connectivity index (χ0n) is 15.2. The van der Waals surface area contributed by atoms with Gasteiger partial charge >= 0.3 is 17.9 Å². The molecule has 0 unspecified atom stereocenters. The number of nitrogens with one attached hydrogen (secondary N) is 1. The van der Waals surface area contributed by atoms with Crippen LogP contribution in [-0.4, -0.2) is 74.1 Å². The van der Waals surface area contributed by atoms with Crippen molar-refractivity contribution < 1.29 is 23.9 Å². The van der Waals surface area contributed by atoms with Gasteiger partial charge in [-0.25, -0.2) is 4.79 Å². The summed E-state index contributed by atoms with van der Waals surface area (Å²) in [5, 5.41) is 2.64. The van der Waals surface area contributed by atoms with E-state index in [-0.39, 0.29) is 6.09 Å². The summed E-state index contributed by atoms with van der Waals surface area (Å²) in [5.74, 6) is -0.444. The molecule has 8 nitrogen and oxygen atoms in total. The Balaban J connectivity index is 1.74. The zero-order chi connectivity index (χ0) is 18.9. The Hall–Kier alpha value is -2.77. The van der Waals surface area contributed by atoms with E-state index in [0.717, 1.165) is 11.3 Å². The van der Waals surface area contributed by atoms with Crippen LogP contribution in [-0.2, 0) is 20.7 Å². The molecule has 0 aliphatic carbocycles. The molecule has 0 aromatic heterocycles. The highest BCUT2D eigenvalue weighted by Crippen LogP contribution is 2.12. The normalized spacial score (nSPS) is 13.9. The number of ether oxygens (including phenoxy) is 2. The topological polar surface area (TPSA) is 88.2 Å². The van der Waals surface area contributed by atoms with Crippen molar-refractivity contribution >= 4 is 17.9 Å². The Morgan fingerprint density at radius 3 is 2.46 bits per heavy atom. The Morgan fingerprint density at radius 1 is 1.12 bits per heavy atom. The molecule has 26 heavy (non-hydrogen) atoms. The number of nitrogens with zero attached hydrogens (tertiary/aromatic N) is 2. The van der Waals surface area contributed by atoms with Gasteiger partial charge in [0.25, 0.3) is 0 Å². The Kier molecular flexibility index (Phi) is 7.25. The third-order valence-corrected chi connectivity index (χ3v) is 4.12. The van der Waals surface area contributed by atoms with Crippen LogP contribution < -0.4 is 10.1 Å². The molecule has 1 heterocycles. The first kappa shape index (κ1) is 19.6. The van der Waals surface area contributed by atoms with Gasteiger partial charge in [-0.15, -0.1) is 0 Å². The van der Waals surface area contributed by atoms with Crippen molar-refractivity contribution in [2.24, 2.45) is 0 Å². The summed E-state index contributed by atoms with van der Waals surface area (Å²) in [6, 6.07) is 7.55. The molecule has 142 valence electrons. The zero-order valence-corrected chi connectivity index (χ0v) is 15.2. The quantitative estimate of drug-likeness (QED) is 0.776. The van der Waals surface area contributed by atoms with Crippen molar-refractivity contribution in [3.05, 3.63) is 29.8 Å². The number of hydrogen-bond acceptors (Lipinski definition) is 5. The second kappa shape index (κ2) is 9.65. The van der Waals surface area contributed by atoms with Crippen molar-refractivity contribution in [1.29, 1.82) is 0 Å². The van der Waals surface area contributed by atoms with Gasteiger partial charge in [0, 0.05) is 32.7 Å². The smallest absolute Gasteiger partial charge is 0.409 e. The summed E-state index contributed by atoms with van der Waals surface area (Å²) in [6.45, 7) is 3.78. The highest BCUT2D eigenvalue weighted by Gasteiger charge is 2.28. The summed E-state index contributed by atoms with van der Waals surface area (Å²) in [6.07, 6.45) is 0.217. The lowest BCUT2D eigenvalue weighted by molar-refractivity contribution is -0.146. The maximum absolute atomic E-state index is 12.2. The lowest BCUT2D eigenvalue weighted by Crippen LogP contribution is -2.54. The number of methoxy groups -OCH3 is 1. The molecule has 0 bridgehead atoms. The third-order valence-electron chi connectivity index (χ3n) is 4.12. The van der Waals surface area contributed by atoms with Gasteiger partial charge in [-0.2, -0.15) is 0 Å². The third kappa shape index (κ3) is 5.37. The summed E-state index contributed by atoms with van der Waals surface area (Å²) in [4.78, 5) is 38.9. The highest BCUT2D eigenvalue weighted by molar-refractivity contribution is 6.35. The second-order valence-corrected chi connectivity index (χ2v) is 5.84. The lowest BCUT2D eigenvalue weighted by Gasteiger charge is -2.33. The summed E-state index contributed by atoms with van der Waals surface area (Å²) in [5.41, 5.74) is 1.01. The van der Waals surface area contributed by atoms with Crippen LogP contribution in [0.2, 0.25) is 0 Å². The number of amides is 3. The van der Waals surface area contributed by atoms with Crippen LogP contribution in [0.1, 0.15) is 12.5 Å². The molecular formula is C18H25N3O5. The van der Waals surface area contributed by atoms with E-state index in [1.807, 2.05) is 24.3 Å². The van der Waals surface area contributed by atoms with Crippen molar-refractivity contribution in [3.8, 4) is 5.75 Å². The SMILES string of the molecule is CCOC(=O)N1CCN(C(=O)C(=O)NCCc2cccc(OC)c2)CC1. The van der Waals surface area contributed by atoms with Crippen LogP contribution in [0.25, 0.3) is 0 Å². The minimum absolute atomic E-state index is 0.313. The standard InChI is InChI=1S/C18H25N3O5/c1-3-26-18(24)21-11-9-20(10-12-21)17(23)16(22)19-8-7-14-5-4-6-15(13-14)25-2/h4-6,13H,3,7-12H2,1-2H3,(H,19,22). The van der Waals surface area contributed by atoms with E-state index in [1.165, 1.54) is 9.80 Å². The first-order chi connectivity index (χ1) is 12.5. The van der Waals surface area contributed by atoms with Crippen LogP contribution >= 0.6 is 0 Å². The summed E-state index contributed by atoms with van der Waals surface area (Å²) in [7, 11) is 1.60. The van der Waals surface area contributed by atoms with Gasteiger partial charge in [0.15, 0.2) is 0 Å². The fraction of sp³-hybridized carbons (Fsp3) is 0.500. The number of hydrogen-bond donors (Lipinski definition) is 1. The van der Waals surface area contributed by atoms with Crippen molar-refractivity contribution in [3.63, 3.8) is 0 Å². The van der Waals surface area contributed by atoms with E-state index in [0.29, 0.717) is 45.8 Å². The maximum Gasteiger partial charge on any atom is 0.409 e. The molecule has 1 aromatic carbocycles. The van der Waals surface area contributed by atoms with E-state index in [2.05, 4.69) is 5.32 Å². The van der Waals surface area contributed by atoms with E-state index < -0.39 is 11.8 Å². The van der Waals surface area contributed by atoms with Gasteiger partial charge in [-0.1, -0.05) is 12.1 Å². The van der Waals surface area contributed by atoms with Crippen molar-refractivity contribution in [2.75, 3.05) is 46.4 Å². The average Bonchev–Trinajstić information content (AvgIpc) is 2.67. The van der Waals surface area contributed by atoms with E-state index >= 15 is 0 Å². The molecule has 1 aliphatic heterocycles. The fourth-order valence-electron chi connectivity index (χ4n) is 2.67. The predicted octanol–water partition coefficient (Wildman–Crippen LogP) is 0.655. The maximum atomic E-state index is 12.2. The number of benzene rings is 1. The molecule has 3 amide bonds. The molecular weight excluding hydrogens is 338 g/mol. The van der Waals surface area contributed by atoms with E-state index in [4.69, 9.17) is 9.47 Å². The van der Waals surface area contributed by atoms with Crippen molar-refractivity contribution in [1.82, 2.24) is 15.1 Å². The molecule has 1 N–H and O–H groups in total. The monoisotopic (exact) mass is 363 g/mol.